The highest BCUT2D eigenvalue weighted by Gasteiger charge is 2.09. The summed E-state index contributed by atoms with van der Waals surface area (Å²) in [6, 6.07) is 14.6. The van der Waals surface area contributed by atoms with E-state index in [9.17, 15) is 9.59 Å². The topological polar surface area (TPSA) is 70.4 Å². The Bertz CT molecular complexity index is 949. The zero-order valence-corrected chi connectivity index (χ0v) is 13.8. The van der Waals surface area contributed by atoms with Gasteiger partial charge in [0.05, 0.1) is 17.2 Å². The van der Waals surface area contributed by atoms with Crippen LogP contribution in [0.25, 0.3) is 10.9 Å². The molecule has 0 aliphatic heterocycles. The van der Waals surface area contributed by atoms with E-state index in [2.05, 4.69) is 4.98 Å². The van der Waals surface area contributed by atoms with Gasteiger partial charge in [-0.1, -0.05) is 24.3 Å². The number of hydrogen-bond acceptors (Lipinski definition) is 5. The number of hydrogen-bond donors (Lipinski definition) is 0. The van der Waals surface area contributed by atoms with Gasteiger partial charge in [-0.15, -0.1) is 0 Å². The van der Waals surface area contributed by atoms with Crippen LogP contribution in [-0.2, 0) is 16.1 Å². The predicted molar refractivity (Wildman–Crippen MR) is 93.6 cm³/mol. The van der Waals surface area contributed by atoms with Crippen LogP contribution in [0.4, 0.5) is 0 Å². The molecule has 6 heteroatoms. The van der Waals surface area contributed by atoms with Crippen LogP contribution in [0.5, 0.6) is 5.75 Å². The summed E-state index contributed by atoms with van der Waals surface area (Å²) < 4.78 is 11.9. The molecule has 0 bridgehead atoms. The molecule has 25 heavy (non-hydrogen) atoms. The van der Waals surface area contributed by atoms with Crippen LogP contribution in [0.3, 0.4) is 0 Å². The molecule has 0 N–H and O–H groups in total. The Hall–Kier alpha value is -3.15. The molecule has 128 valence electrons. The largest absolute Gasteiger partial charge is 0.490 e. The van der Waals surface area contributed by atoms with E-state index >= 15 is 0 Å². The van der Waals surface area contributed by atoms with E-state index in [4.69, 9.17) is 9.47 Å². The van der Waals surface area contributed by atoms with Crippen LogP contribution in [0.15, 0.2) is 59.7 Å². The molecule has 0 unspecified atom stereocenters. The second kappa shape index (κ2) is 7.61. The van der Waals surface area contributed by atoms with Crippen molar-refractivity contribution >= 4 is 16.9 Å². The standard InChI is InChI=1S/C19H18N2O4/c1-14-5-4-6-15(11-14)24-9-10-25-18(22)12-21-13-20-17-8-3-2-7-16(17)19(21)23/h2-8,11,13H,9-10,12H2,1H3. The first kappa shape index (κ1) is 16.7. The zero-order valence-electron chi connectivity index (χ0n) is 13.8. The van der Waals surface area contributed by atoms with E-state index in [0.29, 0.717) is 10.9 Å². The van der Waals surface area contributed by atoms with Crippen molar-refractivity contribution in [2.24, 2.45) is 0 Å². The molecule has 3 aromatic rings. The van der Waals surface area contributed by atoms with Gasteiger partial charge >= 0.3 is 5.97 Å². The lowest BCUT2D eigenvalue weighted by atomic mass is 10.2. The first-order valence-corrected chi connectivity index (χ1v) is 7.93. The number of esters is 1. The van der Waals surface area contributed by atoms with E-state index in [1.54, 1.807) is 18.2 Å². The molecule has 0 atom stereocenters. The Balaban J connectivity index is 1.53. The summed E-state index contributed by atoms with van der Waals surface area (Å²) in [5.41, 5.74) is 1.43. The number of aromatic nitrogens is 2. The van der Waals surface area contributed by atoms with Crippen molar-refractivity contribution in [1.82, 2.24) is 9.55 Å². The van der Waals surface area contributed by atoms with Gasteiger partial charge in [0.15, 0.2) is 0 Å². The molecular formula is C19H18N2O4. The van der Waals surface area contributed by atoms with Gasteiger partial charge in [-0.3, -0.25) is 14.2 Å². The molecule has 3 rings (SSSR count). The van der Waals surface area contributed by atoms with Gasteiger partial charge in [0.1, 0.15) is 25.5 Å². The molecule has 2 aromatic carbocycles. The van der Waals surface area contributed by atoms with Crippen molar-refractivity contribution in [3.8, 4) is 5.75 Å². The van der Waals surface area contributed by atoms with Gasteiger partial charge < -0.3 is 9.47 Å². The predicted octanol–water partition coefficient (Wildman–Crippen LogP) is 2.33. The Kier molecular flexibility index (Phi) is 5.09. The number of fused-ring (bicyclic) bond motifs is 1. The fourth-order valence-corrected chi connectivity index (χ4v) is 2.42. The van der Waals surface area contributed by atoms with Gasteiger partial charge in [-0.25, -0.2) is 4.98 Å². The fourth-order valence-electron chi connectivity index (χ4n) is 2.42. The number of aryl methyl sites for hydroxylation is 1. The third-order valence-electron chi connectivity index (χ3n) is 3.64. The molecule has 0 spiro atoms. The summed E-state index contributed by atoms with van der Waals surface area (Å²) in [6.07, 6.45) is 1.36. The maximum Gasteiger partial charge on any atom is 0.326 e. The number of nitrogens with zero attached hydrogens (tertiary/aromatic N) is 2. The highest BCUT2D eigenvalue weighted by Crippen LogP contribution is 2.12. The third kappa shape index (κ3) is 4.23. The van der Waals surface area contributed by atoms with Crippen molar-refractivity contribution in [2.75, 3.05) is 13.2 Å². The van der Waals surface area contributed by atoms with Crippen molar-refractivity contribution in [1.29, 1.82) is 0 Å². The average molecular weight is 338 g/mol. The molecule has 0 fully saturated rings. The minimum absolute atomic E-state index is 0.114. The normalized spacial score (nSPS) is 10.6. The van der Waals surface area contributed by atoms with Crippen molar-refractivity contribution in [3.63, 3.8) is 0 Å². The molecule has 0 aliphatic rings. The SMILES string of the molecule is Cc1cccc(OCCOC(=O)Cn2cnc3ccccc3c2=O)c1. The van der Waals surface area contributed by atoms with Gasteiger partial charge in [-0.2, -0.15) is 0 Å². The molecule has 0 amide bonds. The molecule has 1 aromatic heterocycles. The summed E-state index contributed by atoms with van der Waals surface area (Å²) in [6.45, 7) is 2.16. The maximum absolute atomic E-state index is 12.3. The van der Waals surface area contributed by atoms with Crippen LogP contribution >= 0.6 is 0 Å². The molecule has 1 heterocycles. The van der Waals surface area contributed by atoms with E-state index in [0.717, 1.165) is 11.3 Å². The number of carbonyl (C=O) groups excluding carboxylic acids is 1. The van der Waals surface area contributed by atoms with Crippen LogP contribution in [0, 0.1) is 6.92 Å². The fraction of sp³-hybridized carbons (Fsp3) is 0.211. The summed E-state index contributed by atoms with van der Waals surface area (Å²) in [7, 11) is 0. The summed E-state index contributed by atoms with van der Waals surface area (Å²) in [4.78, 5) is 28.4. The first-order chi connectivity index (χ1) is 12.1. The molecule has 6 nitrogen and oxygen atoms in total. The molecule has 0 saturated heterocycles. The van der Waals surface area contributed by atoms with Crippen molar-refractivity contribution in [2.45, 2.75) is 13.5 Å². The highest BCUT2D eigenvalue weighted by molar-refractivity contribution is 5.77. The van der Waals surface area contributed by atoms with Gasteiger partial charge in [-0.05, 0) is 36.8 Å². The van der Waals surface area contributed by atoms with Crippen molar-refractivity contribution < 1.29 is 14.3 Å². The van der Waals surface area contributed by atoms with Crippen LogP contribution in [0.2, 0.25) is 0 Å². The quantitative estimate of drug-likeness (QED) is 0.510. The lowest BCUT2D eigenvalue weighted by Gasteiger charge is -2.09. The van der Waals surface area contributed by atoms with Gasteiger partial charge in [0.25, 0.3) is 5.56 Å². The van der Waals surface area contributed by atoms with E-state index in [1.165, 1.54) is 10.9 Å². The smallest absolute Gasteiger partial charge is 0.326 e. The number of para-hydroxylation sites is 1. The zero-order chi connectivity index (χ0) is 17.6. The van der Waals surface area contributed by atoms with E-state index < -0.39 is 5.97 Å². The number of carbonyl (C=O) groups is 1. The molecule has 0 aliphatic carbocycles. The number of rotatable bonds is 6. The Morgan fingerprint density at radius 3 is 2.80 bits per heavy atom. The molecule has 0 saturated carbocycles. The summed E-state index contributed by atoms with van der Waals surface area (Å²) in [5, 5.41) is 0.473. The Morgan fingerprint density at radius 2 is 1.96 bits per heavy atom. The average Bonchev–Trinajstić information content (AvgIpc) is 2.61. The minimum atomic E-state index is -0.507. The summed E-state index contributed by atoms with van der Waals surface area (Å²) >= 11 is 0. The Morgan fingerprint density at radius 1 is 1.12 bits per heavy atom. The second-order valence-corrected chi connectivity index (χ2v) is 5.58. The van der Waals surface area contributed by atoms with Crippen LogP contribution in [0.1, 0.15) is 5.56 Å². The number of benzene rings is 2. The molecular weight excluding hydrogens is 320 g/mol. The highest BCUT2D eigenvalue weighted by atomic mass is 16.6. The second-order valence-electron chi connectivity index (χ2n) is 5.58. The van der Waals surface area contributed by atoms with E-state index in [1.807, 2.05) is 37.3 Å². The number of ether oxygens (including phenoxy) is 2. The summed E-state index contributed by atoms with van der Waals surface area (Å²) in [5.74, 6) is 0.220. The first-order valence-electron chi connectivity index (χ1n) is 7.93. The van der Waals surface area contributed by atoms with Crippen molar-refractivity contribution in [3.05, 3.63) is 70.8 Å². The minimum Gasteiger partial charge on any atom is -0.490 e. The van der Waals surface area contributed by atoms with Crippen LogP contribution < -0.4 is 10.3 Å². The molecule has 0 radical (unpaired) electrons. The lowest BCUT2D eigenvalue weighted by molar-refractivity contribution is -0.145. The van der Waals surface area contributed by atoms with E-state index in [-0.39, 0.29) is 25.3 Å². The lowest BCUT2D eigenvalue weighted by Crippen LogP contribution is -2.26. The Labute approximate surface area is 144 Å². The monoisotopic (exact) mass is 338 g/mol. The van der Waals surface area contributed by atoms with Gasteiger partial charge in [0, 0.05) is 0 Å². The van der Waals surface area contributed by atoms with Gasteiger partial charge in [0.2, 0.25) is 0 Å². The maximum atomic E-state index is 12.3. The third-order valence-corrected chi connectivity index (χ3v) is 3.64. The van der Waals surface area contributed by atoms with Crippen LogP contribution in [-0.4, -0.2) is 28.7 Å².